The van der Waals surface area contributed by atoms with Crippen molar-refractivity contribution in [2.24, 2.45) is 5.73 Å². The lowest BCUT2D eigenvalue weighted by Gasteiger charge is -2.38. The second-order valence-electron chi connectivity index (χ2n) is 8.18. The van der Waals surface area contributed by atoms with Crippen LogP contribution in [0.2, 0.25) is 10.0 Å². The minimum atomic E-state index is -0.117. The van der Waals surface area contributed by atoms with Crippen LogP contribution >= 0.6 is 23.2 Å². The number of nitrogens with zero attached hydrogens (tertiary/aromatic N) is 1. The molecule has 0 aliphatic carbocycles. The van der Waals surface area contributed by atoms with Crippen molar-refractivity contribution in [2.45, 2.75) is 24.8 Å². The van der Waals surface area contributed by atoms with E-state index in [-0.39, 0.29) is 11.3 Å². The molecule has 1 spiro atoms. The fourth-order valence-electron chi connectivity index (χ4n) is 4.53. The van der Waals surface area contributed by atoms with Crippen molar-refractivity contribution in [3.05, 3.63) is 75.5 Å². The van der Waals surface area contributed by atoms with E-state index in [1.807, 2.05) is 17.0 Å². The first-order valence-corrected chi connectivity index (χ1v) is 11.1. The summed E-state index contributed by atoms with van der Waals surface area (Å²) in [4.78, 5) is 14.9. The molecule has 2 aliphatic heterocycles. The lowest BCUT2D eigenvalue weighted by molar-refractivity contribution is 0.0616. The van der Waals surface area contributed by atoms with E-state index in [0.29, 0.717) is 53.4 Å². The average Bonchev–Trinajstić information content (AvgIpc) is 3.41. The molecule has 2 N–H and O–H groups in total. The first-order chi connectivity index (χ1) is 15.0. The number of furan rings is 1. The Morgan fingerprint density at radius 1 is 1.06 bits per heavy atom. The summed E-state index contributed by atoms with van der Waals surface area (Å²) >= 11 is 12.3. The third-order valence-electron chi connectivity index (χ3n) is 6.37. The van der Waals surface area contributed by atoms with E-state index < -0.39 is 0 Å². The Hall–Kier alpha value is -2.47. The minimum absolute atomic E-state index is 0.0556. The van der Waals surface area contributed by atoms with Gasteiger partial charge in [0.2, 0.25) is 0 Å². The summed E-state index contributed by atoms with van der Waals surface area (Å²) in [6.07, 6.45) is 1.68. The van der Waals surface area contributed by atoms with Crippen LogP contribution in [-0.4, -0.2) is 30.5 Å². The Bertz CT molecular complexity index is 1150. The summed E-state index contributed by atoms with van der Waals surface area (Å²) in [6, 6.07) is 14.8. The van der Waals surface area contributed by atoms with Gasteiger partial charge in [0.15, 0.2) is 5.76 Å². The van der Waals surface area contributed by atoms with Gasteiger partial charge < -0.3 is 19.8 Å². The van der Waals surface area contributed by atoms with Crippen molar-refractivity contribution < 1.29 is 13.9 Å². The predicted octanol–water partition coefficient (Wildman–Crippen LogP) is 5.28. The lowest BCUT2D eigenvalue weighted by atomic mass is 9.74. The second-order valence-corrected chi connectivity index (χ2v) is 9.03. The Morgan fingerprint density at radius 3 is 2.65 bits per heavy atom. The Balaban J connectivity index is 1.32. The smallest absolute Gasteiger partial charge is 0.289 e. The highest BCUT2D eigenvalue weighted by atomic mass is 35.5. The highest BCUT2D eigenvalue weighted by Gasteiger charge is 2.44. The number of hydrogen-bond donors (Lipinski definition) is 1. The number of carbonyl (C=O) groups is 1. The molecule has 1 saturated heterocycles. The quantitative estimate of drug-likeness (QED) is 0.581. The summed E-state index contributed by atoms with van der Waals surface area (Å²) in [5.74, 6) is 1.65. The van der Waals surface area contributed by atoms with Gasteiger partial charge in [0.25, 0.3) is 5.91 Å². The summed E-state index contributed by atoms with van der Waals surface area (Å²) < 4.78 is 11.8. The zero-order chi connectivity index (χ0) is 21.6. The number of benzene rings is 2. The van der Waals surface area contributed by atoms with Gasteiger partial charge in [0.05, 0.1) is 11.6 Å². The molecule has 2 aliphatic rings. The summed E-state index contributed by atoms with van der Waals surface area (Å²) in [6.45, 7) is 2.44. The number of amides is 1. The number of likely N-dealkylation sites (tertiary alicyclic amines) is 1. The van der Waals surface area contributed by atoms with Crippen molar-refractivity contribution in [3.63, 3.8) is 0 Å². The molecular weight excluding hydrogens is 435 g/mol. The van der Waals surface area contributed by atoms with Crippen molar-refractivity contribution in [2.75, 3.05) is 19.7 Å². The minimum Gasteiger partial charge on any atom is -0.492 e. The highest BCUT2D eigenvalue weighted by Crippen LogP contribution is 2.46. The van der Waals surface area contributed by atoms with Gasteiger partial charge >= 0.3 is 0 Å². The molecule has 31 heavy (non-hydrogen) atoms. The van der Waals surface area contributed by atoms with Crippen molar-refractivity contribution in [3.8, 4) is 17.1 Å². The van der Waals surface area contributed by atoms with Crippen LogP contribution in [0.3, 0.4) is 0 Å². The van der Waals surface area contributed by atoms with Gasteiger partial charge in [0.1, 0.15) is 11.5 Å². The van der Waals surface area contributed by atoms with Crippen LogP contribution in [0.4, 0.5) is 0 Å². The van der Waals surface area contributed by atoms with Gasteiger partial charge in [-0.15, -0.1) is 0 Å². The van der Waals surface area contributed by atoms with E-state index >= 15 is 0 Å². The number of piperidine rings is 1. The molecule has 160 valence electrons. The van der Waals surface area contributed by atoms with Gasteiger partial charge in [-0.2, -0.15) is 0 Å². The molecule has 3 heterocycles. The summed E-state index contributed by atoms with van der Waals surface area (Å²) in [7, 11) is 0. The normalized spacial score (nSPS) is 16.9. The number of fused-ring (bicyclic) bond motifs is 2. The third-order valence-corrected chi connectivity index (χ3v) is 6.94. The molecule has 5 nitrogen and oxygen atoms in total. The predicted molar refractivity (Wildman–Crippen MR) is 121 cm³/mol. The molecule has 1 fully saturated rings. The van der Waals surface area contributed by atoms with Gasteiger partial charge in [0, 0.05) is 41.2 Å². The topological polar surface area (TPSA) is 68.7 Å². The summed E-state index contributed by atoms with van der Waals surface area (Å²) in [5.41, 5.74) is 8.76. The molecule has 1 aromatic heterocycles. The monoisotopic (exact) mass is 456 g/mol. The SMILES string of the molecule is NCc1ccc2c(c1)C1(CCN(C(=O)c3ccc(-c4cc(Cl)ccc4Cl)o3)CC1)CO2. The van der Waals surface area contributed by atoms with E-state index in [1.165, 1.54) is 5.56 Å². The fraction of sp³-hybridized carbons (Fsp3) is 0.292. The van der Waals surface area contributed by atoms with Crippen LogP contribution in [0.1, 0.15) is 34.5 Å². The number of rotatable bonds is 3. The molecule has 2 aromatic carbocycles. The van der Waals surface area contributed by atoms with E-state index in [9.17, 15) is 4.79 Å². The number of hydrogen-bond acceptors (Lipinski definition) is 4. The molecular formula is C24H22Cl2N2O3. The Labute approximate surface area is 190 Å². The molecule has 5 rings (SSSR count). The molecule has 7 heteroatoms. The zero-order valence-electron chi connectivity index (χ0n) is 16.9. The van der Waals surface area contributed by atoms with Crippen LogP contribution in [0.15, 0.2) is 52.9 Å². The van der Waals surface area contributed by atoms with E-state index in [4.69, 9.17) is 38.1 Å². The van der Waals surface area contributed by atoms with Gasteiger partial charge in [-0.25, -0.2) is 0 Å². The average molecular weight is 457 g/mol. The first-order valence-electron chi connectivity index (χ1n) is 10.3. The number of carbonyl (C=O) groups excluding carboxylic acids is 1. The number of halogens is 2. The first kappa shape index (κ1) is 20.4. The van der Waals surface area contributed by atoms with Crippen molar-refractivity contribution in [1.29, 1.82) is 0 Å². The fourth-order valence-corrected chi connectivity index (χ4v) is 4.91. The molecule has 0 unspecified atom stereocenters. The molecule has 0 bridgehead atoms. The molecule has 0 saturated carbocycles. The molecule has 1 amide bonds. The third kappa shape index (κ3) is 3.61. The van der Waals surface area contributed by atoms with Crippen molar-refractivity contribution >= 4 is 29.1 Å². The number of nitrogens with two attached hydrogens (primary N) is 1. The largest absolute Gasteiger partial charge is 0.492 e. The van der Waals surface area contributed by atoms with Crippen LogP contribution in [0.25, 0.3) is 11.3 Å². The molecule has 0 radical (unpaired) electrons. The van der Waals surface area contributed by atoms with Crippen LogP contribution in [0.5, 0.6) is 5.75 Å². The second kappa shape index (κ2) is 7.90. The Kier molecular flexibility index (Phi) is 5.21. The maximum atomic E-state index is 13.1. The maximum absolute atomic E-state index is 13.1. The van der Waals surface area contributed by atoms with Gasteiger partial charge in [-0.1, -0.05) is 35.3 Å². The van der Waals surface area contributed by atoms with E-state index in [2.05, 4.69) is 6.07 Å². The zero-order valence-corrected chi connectivity index (χ0v) is 18.4. The standard InChI is InChI=1S/C24H22Cl2N2O3/c25-16-2-3-19(26)17(12-16)20-5-6-22(31-20)23(29)28-9-7-24(8-10-28)14-30-21-4-1-15(13-27)11-18(21)24/h1-6,11-12H,7-10,13-14,27H2. The van der Waals surface area contributed by atoms with Crippen LogP contribution < -0.4 is 10.5 Å². The maximum Gasteiger partial charge on any atom is 0.289 e. The van der Waals surface area contributed by atoms with E-state index in [0.717, 1.165) is 24.2 Å². The van der Waals surface area contributed by atoms with Gasteiger partial charge in [-0.05, 0) is 54.8 Å². The van der Waals surface area contributed by atoms with Crippen LogP contribution in [-0.2, 0) is 12.0 Å². The molecule has 3 aromatic rings. The van der Waals surface area contributed by atoms with Crippen LogP contribution in [0, 0.1) is 0 Å². The highest BCUT2D eigenvalue weighted by molar-refractivity contribution is 6.35. The van der Waals surface area contributed by atoms with E-state index in [1.54, 1.807) is 30.3 Å². The lowest BCUT2D eigenvalue weighted by Crippen LogP contribution is -2.46. The van der Waals surface area contributed by atoms with Crippen molar-refractivity contribution in [1.82, 2.24) is 4.90 Å². The number of ether oxygens (including phenoxy) is 1. The Morgan fingerprint density at radius 2 is 1.87 bits per heavy atom. The molecule has 0 atom stereocenters. The van der Waals surface area contributed by atoms with Gasteiger partial charge in [-0.3, -0.25) is 4.79 Å². The summed E-state index contributed by atoms with van der Waals surface area (Å²) in [5, 5.41) is 1.08.